The smallest absolute Gasteiger partial charge is 0.225 e. The van der Waals surface area contributed by atoms with Crippen LogP contribution in [0.1, 0.15) is 61.6 Å². The third kappa shape index (κ3) is 4.34. The maximum Gasteiger partial charge on any atom is 0.225 e. The molecule has 2 rings (SSSR count). The second-order valence-corrected chi connectivity index (χ2v) is 6.62. The highest BCUT2D eigenvalue weighted by Gasteiger charge is 2.31. The van der Waals surface area contributed by atoms with Crippen LogP contribution in [0.5, 0.6) is 0 Å². The van der Waals surface area contributed by atoms with Gasteiger partial charge in [0, 0.05) is 0 Å². The molecule has 1 N–H and O–H groups in total. The van der Waals surface area contributed by atoms with Crippen LogP contribution in [0.3, 0.4) is 0 Å². The second kappa shape index (κ2) is 7.45. The van der Waals surface area contributed by atoms with Gasteiger partial charge < -0.3 is 5.32 Å². The Morgan fingerprint density at radius 2 is 1.82 bits per heavy atom. The summed E-state index contributed by atoms with van der Waals surface area (Å²) in [5.74, 6) is -0.0333. The molecule has 3 heteroatoms. The van der Waals surface area contributed by atoms with Crippen LogP contribution in [-0.2, 0) is 11.2 Å². The quantitative estimate of drug-likeness (QED) is 0.918. The summed E-state index contributed by atoms with van der Waals surface area (Å²) in [4.78, 5) is 12.4. The Kier molecular flexibility index (Phi) is 5.60. The minimum atomic E-state index is -0.657. The molecular formula is C19H26N2O. The topological polar surface area (TPSA) is 52.9 Å². The molecule has 0 spiro atoms. The van der Waals surface area contributed by atoms with Crippen molar-refractivity contribution in [1.29, 1.82) is 5.26 Å². The maximum atomic E-state index is 12.4. The third-order valence-electron chi connectivity index (χ3n) is 4.65. The molecule has 22 heavy (non-hydrogen) atoms. The number of benzene rings is 1. The van der Waals surface area contributed by atoms with Gasteiger partial charge in [0.1, 0.15) is 5.54 Å². The number of aryl methyl sites for hydroxylation is 2. The van der Waals surface area contributed by atoms with Gasteiger partial charge in [0.2, 0.25) is 5.91 Å². The van der Waals surface area contributed by atoms with E-state index in [1.54, 1.807) is 0 Å². The molecule has 0 atom stereocenters. The van der Waals surface area contributed by atoms with Crippen molar-refractivity contribution in [2.45, 2.75) is 70.8 Å². The highest BCUT2D eigenvalue weighted by atomic mass is 16.1. The van der Waals surface area contributed by atoms with Crippen molar-refractivity contribution < 1.29 is 4.79 Å². The molecule has 1 saturated carbocycles. The van der Waals surface area contributed by atoms with E-state index in [1.165, 1.54) is 12.0 Å². The molecule has 0 saturated heterocycles. The molecule has 1 aliphatic carbocycles. The van der Waals surface area contributed by atoms with Crippen molar-refractivity contribution in [1.82, 2.24) is 5.32 Å². The first-order chi connectivity index (χ1) is 10.5. The predicted octanol–water partition coefficient (Wildman–Crippen LogP) is 3.97. The van der Waals surface area contributed by atoms with Crippen molar-refractivity contribution in [2.24, 2.45) is 0 Å². The van der Waals surface area contributed by atoms with E-state index in [4.69, 9.17) is 0 Å². The third-order valence-corrected chi connectivity index (χ3v) is 4.65. The van der Waals surface area contributed by atoms with E-state index < -0.39 is 5.54 Å². The van der Waals surface area contributed by atoms with Crippen LogP contribution in [0.2, 0.25) is 0 Å². The Bertz CT molecular complexity index is 563. The molecule has 0 aromatic heterocycles. The molecule has 1 fully saturated rings. The molecule has 3 nitrogen and oxygen atoms in total. The van der Waals surface area contributed by atoms with Crippen molar-refractivity contribution in [3.63, 3.8) is 0 Å². The van der Waals surface area contributed by atoms with E-state index in [9.17, 15) is 10.1 Å². The molecule has 1 aliphatic rings. The van der Waals surface area contributed by atoms with Crippen molar-refractivity contribution >= 4 is 5.91 Å². The van der Waals surface area contributed by atoms with E-state index in [0.717, 1.165) is 49.7 Å². The Labute approximate surface area is 133 Å². The zero-order valence-corrected chi connectivity index (χ0v) is 13.7. The number of nitrogens with one attached hydrogen (secondary N) is 1. The van der Waals surface area contributed by atoms with E-state index >= 15 is 0 Å². The lowest BCUT2D eigenvalue weighted by atomic mass is 9.85. The van der Waals surface area contributed by atoms with Gasteiger partial charge in [0.25, 0.3) is 0 Å². The number of carbonyl (C=O) groups excluding carboxylic acids is 1. The van der Waals surface area contributed by atoms with Crippen LogP contribution >= 0.6 is 0 Å². The summed E-state index contributed by atoms with van der Waals surface area (Å²) in [7, 11) is 0. The Hall–Kier alpha value is -1.82. The monoisotopic (exact) mass is 298 g/mol. The molecule has 1 aromatic rings. The van der Waals surface area contributed by atoms with E-state index in [0.29, 0.717) is 6.42 Å². The van der Waals surface area contributed by atoms with Gasteiger partial charge in [-0.25, -0.2) is 0 Å². The number of hydrogen-bond donors (Lipinski definition) is 1. The van der Waals surface area contributed by atoms with Gasteiger partial charge in [-0.2, -0.15) is 5.26 Å². The Balaban J connectivity index is 2.03. The van der Waals surface area contributed by atoms with Crippen LogP contribution in [0, 0.1) is 25.2 Å². The molecule has 0 heterocycles. The van der Waals surface area contributed by atoms with Gasteiger partial charge in [-0.3, -0.25) is 4.79 Å². The first kappa shape index (κ1) is 16.5. The number of hydrogen-bond acceptors (Lipinski definition) is 2. The van der Waals surface area contributed by atoms with Gasteiger partial charge >= 0.3 is 0 Å². The Morgan fingerprint density at radius 3 is 2.41 bits per heavy atom. The summed E-state index contributed by atoms with van der Waals surface area (Å²) < 4.78 is 0. The van der Waals surface area contributed by atoms with E-state index in [-0.39, 0.29) is 5.91 Å². The van der Waals surface area contributed by atoms with Gasteiger partial charge in [-0.05, 0) is 37.8 Å². The molecule has 118 valence electrons. The number of amides is 1. The standard InChI is InChI=1S/C19H26N2O/c1-15-8-9-17(16(2)12-15)13-18(22)21-19(14-20)10-6-4-3-5-7-11-19/h8-9,12H,3-7,10-11,13H2,1-2H3,(H,21,22). The SMILES string of the molecule is Cc1ccc(CC(=O)NC2(C#N)CCCCCCC2)c(C)c1. The molecule has 0 radical (unpaired) electrons. The highest BCUT2D eigenvalue weighted by molar-refractivity contribution is 5.80. The summed E-state index contributed by atoms with van der Waals surface area (Å²) in [6.07, 6.45) is 7.54. The lowest BCUT2D eigenvalue weighted by molar-refractivity contribution is -0.122. The molecular weight excluding hydrogens is 272 g/mol. The van der Waals surface area contributed by atoms with Crippen LogP contribution in [-0.4, -0.2) is 11.4 Å². The molecule has 0 aliphatic heterocycles. The van der Waals surface area contributed by atoms with Crippen LogP contribution in [0.15, 0.2) is 18.2 Å². The maximum absolute atomic E-state index is 12.4. The highest BCUT2D eigenvalue weighted by Crippen LogP contribution is 2.26. The van der Waals surface area contributed by atoms with E-state index in [1.807, 2.05) is 19.1 Å². The minimum absolute atomic E-state index is 0.0333. The minimum Gasteiger partial charge on any atom is -0.338 e. The number of carbonyl (C=O) groups is 1. The number of rotatable bonds is 3. The number of nitrogens with zero attached hydrogens (tertiary/aromatic N) is 1. The van der Waals surface area contributed by atoms with Crippen LogP contribution in [0.25, 0.3) is 0 Å². The Morgan fingerprint density at radius 1 is 1.18 bits per heavy atom. The average molecular weight is 298 g/mol. The molecule has 1 aromatic carbocycles. The summed E-state index contributed by atoms with van der Waals surface area (Å²) in [5, 5.41) is 12.6. The largest absolute Gasteiger partial charge is 0.338 e. The summed E-state index contributed by atoms with van der Waals surface area (Å²) in [6, 6.07) is 8.54. The van der Waals surface area contributed by atoms with Crippen molar-refractivity contribution in [3.8, 4) is 6.07 Å². The van der Waals surface area contributed by atoms with Gasteiger partial charge in [-0.15, -0.1) is 0 Å². The van der Waals surface area contributed by atoms with Crippen molar-refractivity contribution in [2.75, 3.05) is 0 Å². The zero-order valence-electron chi connectivity index (χ0n) is 13.7. The summed E-state index contributed by atoms with van der Waals surface area (Å²) in [6.45, 7) is 4.08. The summed E-state index contributed by atoms with van der Waals surface area (Å²) in [5.41, 5.74) is 2.73. The molecule has 1 amide bonds. The van der Waals surface area contributed by atoms with Crippen LogP contribution < -0.4 is 5.32 Å². The van der Waals surface area contributed by atoms with Gasteiger partial charge in [0.05, 0.1) is 12.5 Å². The lowest BCUT2D eigenvalue weighted by Gasteiger charge is -2.29. The first-order valence-electron chi connectivity index (χ1n) is 8.33. The summed E-state index contributed by atoms with van der Waals surface area (Å²) >= 11 is 0. The zero-order chi connectivity index (χ0) is 16.0. The molecule has 0 bridgehead atoms. The first-order valence-corrected chi connectivity index (χ1v) is 8.33. The van der Waals surface area contributed by atoms with Gasteiger partial charge in [0.15, 0.2) is 0 Å². The fraction of sp³-hybridized carbons (Fsp3) is 0.579. The average Bonchev–Trinajstić information content (AvgIpc) is 2.45. The molecule has 0 unspecified atom stereocenters. The van der Waals surface area contributed by atoms with Crippen LogP contribution in [0.4, 0.5) is 0 Å². The van der Waals surface area contributed by atoms with Gasteiger partial charge in [-0.1, -0.05) is 55.9 Å². The second-order valence-electron chi connectivity index (χ2n) is 6.62. The number of nitriles is 1. The fourth-order valence-electron chi connectivity index (χ4n) is 3.30. The van der Waals surface area contributed by atoms with Crippen molar-refractivity contribution in [3.05, 3.63) is 34.9 Å². The lowest BCUT2D eigenvalue weighted by Crippen LogP contribution is -2.48. The fourth-order valence-corrected chi connectivity index (χ4v) is 3.30. The van der Waals surface area contributed by atoms with E-state index in [2.05, 4.69) is 24.4 Å². The normalized spacial score (nSPS) is 17.9. The predicted molar refractivity (Wildman–Crippen MR) is 88.4 cm³/mol.